The number of rotatable bonds is 2. The highest BCUT2D eigenvalue weighted by Gasteiger charge is 2.45. The molecule has 3 heterocycles. The Labute approximate surface area is 113 Å². The Morgan fingerprint density at radius 3 is 2.79 bits per heavy atom. The second kappa shape index (κ2) is 4.31. The van der Waals surface area contributed by atoms with E-state index in [4.69, 9.17) is 5.73 Å². The van der Waals surface area contributed by atoms with Gasteiger partial charge in [0.2, 0.25) is 5.91 Å². The fraction of sp³-hybridized carbons (Fsp3) is 0.692. The predicted molar refractivity (Wildman–Crippen MR) is 71.5 cm³/mol. The van der Waals surface area contributed by atoms with Gasteiger partial charge in [-0.1, -0.05) is 0 Å². The lowest BCUT2D eigenvalue weighted by atomic mass is 9.82. The molecule has 2 aliphatic heterocycles. The van der Waals surface area contributed by atoms with Crippen molar-refractivity contribution in [2.45, 2.75) is 18.9 Å². The predicted octanol–water partition coefficient (Wildman–Crippen LogP) is -0.717. The molecule has 2 aliphatic rings. The van der Waals surface area contributed by atoms with Gasteiger partial charge < -0.3 is 20.5 Å². The Morgan fingerprint density at radius 2 is 2.26 bits per heavy atom. The van der Waals surface area contributed by atoms with Crippen LogP contribution in [0.1, 0.15) is 18.5 Å². The first-order valence-electron chi connectivity index (χ1n) is 6.73. The molecule has 19 heavy (non-hydrogen) atoms. The molecule has 3 N–H and O–H groups in total. The van der Waals surface area contributed by atoms with Crippen LogP contribution in [0.3, 0.4) is 0 Å². The lowest BCUT2D eigenvalue weighted by molar-refractivity contribution is -0.142. The molecule has 0 aromatic carbocycles. The van der Waals surface area contributed by atoms with Gasteiger partial charge in [0, 0.05) is 57.1 Å². The van der Waals surface area contributed by atoms with E-state index >= 15 is 0 Å². The number of likely N-dealkylation sites (tertiary alicyclic amines) is 1. The molecule has 2 fully saturated rings. The van der Waals surface area contributed by atoms with E-state index < -0.39 is 0 Å². The zero-order valence-electron chi connectivity index (χ0n) is 11.5. The van der Waals surface area contributed by atoms with Crippen molar-refractivity contribution in [3.63, 3.8) is 0 Å². The quantitative estimate of drug-likeness (QED) is 0.738. The molecule has 0 saturated carbocycles. The first kappa shape index (κ1) is 12.6. The summed E-state index contributed by atoms with van der Waals surface area (Å²) >= 11 is 0. The van der Waals surface area contributed by atoms with Gasteiger partial charge in [0.15, 0.2) is 0 Å². The van der Waals surface area contributed by atoms with Crippen LogP contribution in [0.25, 0.3) is 0 Å². The Bertz CT molecular complexity index is 493. The average Bonchev–Trinajstić information content (AvgIpc) is 2.91. The molecule has 3 rings (SSSR count). The minimum Gasteiger partial charge on any atom is -0.340 e. The van der Waals surface area contributed by atoms with E-state index in [0.29, 0.717) is 13.1 Å². The molecule has 6 heteroatoms. The number of hydrogen-bond donors (Lipinski definition) is 2. The van der Waals surface area contributed by atoms with E-state index in [9.17, 15) is 4.79 Å². The largest absolute Gasteiger partial charge is 0.340 e. The van der Waals surface area contributed by atoms with Crippen LogP contribution in [-0.2, 0) is 11.8 Å². The number of imidazole rings is 1. The standard InChI is InChI=1S/C13H21N5O/c1-13(6-16-7-13)12(19)18-4-9(10(14)5-18)11-3-15-8-17(11)2/h3,8-10,16H,4-7,14H2,1-2H3/t9-,10-/m1/s1. The van der Waals surface area contributed by atoms with Gasteiger partial charge in [-0.3, -0.25) is 4.79 Å². The maximum atomic E-state index is 12.5. The number of hydrogen-bond acceptors (Lipinski definition) is 4. The molecule has 104 valence electrons. The van der Waals surface area contributed by atoms with Crippen LogP contribution in [-0.4, -0.2) is 52.6 Å². The van der Waals surface area contributed by atoms with Crippen molar-refractivity contribution in [1.82, 2.24) is 19.8 Å². The first-order valence-corrected chi connectivity index (χ1v) is 6.73. The van der Waals surface area contributed by atoms with Crippen LogP contribution in [0, 0.1) is 5.41 Å². The number of nitrogens with one attached hydrogen (secondary N) is 1. The summed E-state index contributed by atoms with van der Waals surface area (Å²) in [5.74, 6) is 0.416. The monoisotopic (exact) mass is 263 g/mol. The molecule has 0 unspecified atom stereocenters. The number of amides is 1. The van der Waals surface area contributed by atoms with Crippen LogP contribution >= 0.6 is 0 Å². The van der Waals surface area contributed by atoms with Gasteiger partial charge >= 0.3 is 0 Å². The Hall–Kier alpha value is -1.40. The lowest BCUT2D eigenvalue weighted by Gasteiger charge is -2.40. The molecule has 2 atom stereocenters. The number of aromatic nitrogens is 2. The third-order valence-electron chi connectivity index (χ3n) is 4.43. The van der Waals surface area contributed by atoms with E-state index in [1.165, 1.54) is 0 Å². The van der Waals surface area contributed by atoms with Gasteiger partial charge in [0.1, 0.15) is 0 Å². The number of carbonyl (C=O) groups is 1. The number of aryl methyl sites for hydroxylation is 1. The summed E-state index contributed by atoms with van der Waals surface area (Å²) in [5.41, 5.74) is 7.10. The van der Waals surface area contributed by atoms with E-state index in [1.54, 1.807) is 6.33 Å². The van der Waals surface area contributed by atoms with Crippen LogP contribution in [0.2, 0.25) is 0 Å². The summed E-state index contributed by atoms with van der Waals surface area (Å²) in [5, 5.41) is 3.17. The molecule has 0 bridgehead atoms. The Kier molecular flexibility index (Phi) is 2.87. The molecule has 2 saturated heterocycles. The van der Waals surface area contributed by atoms with Crippen LogP contribution < -0.4 is 11.1 Å². The third-order valence-corrected chi connectivity index (χ3v) is 4.43. The number of nitrogens with two attached hydrogens (primary N) is 1. The van der Waals surface area contributed by atoms with Gasteiger partial charge in [-0.05, 0) is 6.92 Å². The second-order valence-corrected chi connectivity index (χ2v) is 6.07. The second-order valence-electron chi connectivity index (χ2n) is 6.07. The van der Waals surface area contributed by atoms with E-state index in [0.717, 1.165) is 18.8 Å². The van der Waals surface area contributed by atoms with E-state index in [-0.39, 0.29) is 23.3 Å². The minimum absolute atomic E-state index is 0.00372. The van der Waals surface area contributed by atoms with Gasteiger partial charge in [0.05, 0.1) is 11.7 Å². The van der Waals surface area contributed by atoms with E-state index in [1.807, 2.05) is 29.6 Å². The summed E-state index contributed by atoms with van der Waals surface area (Å²) in [6, 6.07) is -0.00372. The fourth-order valence-electron chi connectivity index (χ4n) is 3.07. The van der Waals surface area contributed by atoms with Gasteiger partial charge in [0.25, 0.3) is 0 Å². The Morgan fingerprint density at radius 1 is 1.53 bits per heavy atom. The summed E-state index contributed by atoms with van der Waals surface area (Å²) in [6.45, 7) is 4.91. The van der Waals surface area contributed by atoms with Crippen molar-refractivity contribution in [2.75, 3.05) is 26.2 Å². The first-order chi connectivity index (χ1) is 9.01. The van der Waals surface area contributed by atoms with Gasteiger partial charge in [-0.15, -0.1) is 0 Å². The maximum absolute atomic E-state index is 12.5. The molecule has 0 spiro atoms. The highest BCUT2D eigenvalue weighted by atomic mass is 16.2. The van der Waals surface area contributed by atoms with Gasteiger partial charge in [-0.2, -0.15) is 0 Å². The lowest BCUT2D eigenvalue weighted by Crippen LogP contribution is -2.60. The normalized spacial score (nSPS) is 29.3. The van der Waals surface area contributed by atoms with Crippen LogP contribution in [0.5, 0.6) is 0 Å². The van der Waals surface area contributed by atoms with Crippen molar-refractivity contribution in [3.8, 4) is 0 Å². The SMILES string of the molecule is Cn1cncc1[C@@H]1CN(C(=O)C2(C)CNC2)C[C@H]1N. The summed E-state index contributed by atoms with van der Waals surface area (Å²) in [7, 11) is 1.97. The summed E-state index contributed by atoms with van der Waals surface area (Å²) in [6.07, 6.45) is 3.63. The van der Waals surface area contributed by atoms with Crippen molar-refractivity contribution in [3.05, 3.63) is 18.2 Å². The maximum Gasteiger partial charge on any atom is 0.231 e. The zero-order valence-corrected chi connectivity index (χ0v) is 11.5. The summed E-state index contributed by atoms with van der Waals surface area (Å²) in [4.78, 5) is 18.6. The number of nitrogens with zero attached hydrogens (tertiary/aromatic N) is 3. The van der Waals surface area contributed by atoms with Crippen molar-refractivity contribution >= 4 is 5.91 Å². The van der Waals surface area contributed by atoms with Crippen molar-refractivity contribution in [1.29, 1.82) is 0 Å². The molecule has 1 aromatic heterocycles. The fourth-order valence-corrected chi connectivity index (χ4v) is 3.07. The number of carbonyl (C=O) groups excluding carboxylic acids is 1. The molecule has 6 nitrogen and oxygen atoms in total. The highest BCUT2D eigenvalue weighted by Crippen LogP contribution is 2.31. The van der Waals surface area contributed by atoms with Crippen LogP contribution in [0.4, 0.5) is 0 Å². The molecular weight excluding hydrogens is 242 g/mol. The third kappa shape index (κ3) is 1.95. The zero-order chi connectivity index (χ0) is 13.6. The average molecular weight is 263 g/mol. The molecular formula is C13H21N5O. The Balaban J connectivity index is 1.75. The minimum atomic E-state index is -0.235. The van der Waals surface area contributed by atoms with Crippen molar-refractivity contribution in [2.24, 2.45) is 18.2 Å². The topological polar surface area (TPSA) is 76.2 Å². The smallest absolute Gasteiger partial charge is 0.231 e. The van der Waals surface area contributed by atoms with Crippen molar-refractivity contribution < 1.29 is 4.79 Å². The van der Waals surface area contributed by atoms with E-state index in [2.05, 4.69) is 10.3 Å². The van der Waals surface area contributed by atoms with Crippen LogP contribution in [0.15, 0.2) is 12.5 Å². The molecule has 1 amide bonds. The molecule has 1 aromatic rings. The highest BCUT2D eigenvalue weighted by molar-refractivity contribution is 5.84. The molecule has 0 radical (unpaired) electrons. The van der Waals surface area contributed by atoms with Gasteiger partial charge in [-0.25, -0.2) is 4.98 Å². The molecule has 0 aliphatic carbocycles. The summed E-state index contributed by atoms with van der Waals surface area (Å²) < 4.78 is 1.99.